The van der Waals surface area contributed by atoms with Crippen LogP contribution in [-0.4, -0.2) is 7.11 Å². The Kier molecular flexibility index (Phi) is 7.12. The molecular weight excluding hydrogens is 377 g/mol. The number of methoxy groups -OCH3 is 1. The molecule has 0 saturated heterocycles. The van der Waals surface area contributed by atoms with Crippen molar-refractivity contribution in [2.24, 2.45) is 0 Å². The Morgan fingerprint density at radius 3 is 2.43 bits per heavy atom. The van der Waals surface area contributed by atoms with Crippen molar-refractivity contribution in [3.05, 3.63) is 101 Å². The van der Waals surface area contributed by atoms with Crippen molar-refractivity contribution >= 4 is 5.69 Å². The number of ether oxygens (including phenoxy) is 2. The average molecular weight is 406 g/mol. The van der Waals surface area contributed by atoms with Gasteiger partial charge in [0, 0.05) is 17.8 Å². The summed E-state index contributed by atoms with van der Waals surface area (Å²) in [6.07, 6.45) is 2.51. The Balaban J connectivity index is 1.81. The van der Waals surface area contributed by atoms with Gasteiger partial charge in [-0.05, 0) is 67.3 Å². The lowest BCUT2D eigenvalue weighted by molar-refractivity contribution is 0.281. The number of hydrogen-bond acceptors (Lipinski definition) is 3. The van der Waals surface area contributed by atoms with E-state index in [1.165, 1.54) is 23.3 Å². The van der Waals surface area contributed by atoms with Crippen molar-refractivity contribution in [1.82, 2.24) is 0 Å². The van der Waals surface area contributed by atoms with Crippen LogP contribution in [0.4, 0.5) is 10.1 Å². The van der Waals surface area contributed by atoms with Crippen LogP contribution in [0.5, 0.6) is 11.5 Å². The zero-order valence-electron chi connectivity index (χ0n) is 17.8. The Morgan fingerprint density at radius 2 is 1.77 bits per heavy atom. The summed E-state index contributed by atoms with van der Waals surface area (Å²) in [6, 6.07) is 16.8. The van der Waals surface area contributed by atoms with Gasteiger partial charge in [-0.1, -0.05) is 35.9 Å². The Labute approximate surface area is 178 Å². The van der Waals surface area contributed by atoms with E-state index in [4.69, 9.17) is 9.47 Å². The normalized spacial score (nSPS) is 10.5. The van der Waals surface area contributed by atoms with E-state index < -0.39 is 0 Å². The molecule has 0 aliphatic carbocycles. The molecule has 0 atom stereocenters. The zero-order valence-corrected chi connectivity index (χ0v) is 17.8. The average Bonchev–Trinajstić information content (AvgIpc) is 2.73. The minimum absolute atomic E-state index is 0.260. The molecule has 0 amide bonds. The molecule has 0 aliphatic heterocycles. The molecule has 0 radical (unpaired) electrons. The number of hydrogen-bond donors (Lipinski definition) is 1. The highest BCUT2D eigenvalue weighted by Crippen LogP contribution is 2.34. The highest BCUT2D eigenvalue weighted by atomic mass is 19.1. The van der Waals surface area contributed by atoms with Crippen LogP contribution in [0.2, 0.25) is 0 Å². The number of nitrogens with one attached hydrogen (secondary N) is 1. The maximum atomic E-state index is 13.1. The van der Waals surface area contributed by atoms with Crippen LogP contribution in [0, 0.1) is 19.7 Å². The van der Waals surface area contributed by atoms with Crippen LogP contribution in [-0.2, 0) is 19.6 Å². The summed E-state index contributed by atoms with van der Waals surface area (Å²) < 4.78 is 24.8. The first-order valence-electron chi connectivity index (χ1n) is 9.99. The monoisotopic (exact) mass is 405 g/mol. The largest absolute Gasteiger partial charge is 0.493 e. The summed E-state index contributed by atoms with van der Waals surface area (Å²) in [5.41, 5.74) is 6.56. The predicted octanol–water partition coefficient (Wildman–Crippen LogP) is 6.37. The second kappa shape index (κ2) is 9.97. The van der Waals surface area contributed by atoms with E-state index in [0.29, 0.717) is 31.1 Å². The smallest absolute Gasteiger partial charge is 0.165 e. The van der Waals surface area contributed by atoms with Crippen molar-refractivity contribution in [3.63, 3.8) is 0 Å². The molecule has 0 unspecified atom stereocenters. The summed E-state index contributed by atoms with van der Waals surface area (Å²) >= 11 is 0. The molecule has 0 saturated carbocycles. The molecular formula is C26H28FNO2. The van der Waals surface area contributed by atoms with Gasteiger partial charge in [-0.2, -0.15) is 0 Å². The molecule has 3 nitrogen and oxygen atoms in total. The topological polar surface area (TPSA) is 30.5 Å². The Bertz CT molecular complexity index is 1010. The van der Waals surface area contributed by atoms with Gasteiger partial charge in [-0.3, -0.25) is 0 Å². The number of anilines is 1. The summed E-state index contributed by atoms with van der Waals surface area (Å²) in [4.78, 5) is 0. The molecule has 30 heavy (non-hydrogen) atoms. The lowest BCUT2D eigenvalue weighted by Gasteiger charge is -2.18. The molecule has 3 aromatic rings. The van der Waals surface area contributed by atoms with Crippen molar-refractivity contribution in [3.8, 4) is 11.5 Å². The minimum atomic E-state index is -0.260. The van der Waals surface area contributed by atoms with Crippen LogP contribution < -0.4 is 14.8 Å². The summed E-state index contributed by atoms with van der Waals surface area (Å²) in [5, 5.41) is 3.50. The molecule has 1 N–H and O–H groups in total. The quantitative estimate of drug-likeness (QED) is 0.420. The van der Waals surface area contributed by atoms with Crippen LogP contribution in [0.15, 0.2) is 67.3 Å². The van der Waals surface area contributed by atoms with Crippen LogP contribution in [0.3, 0.4) is 0 Å². The molecule has 0 aromatic heterocycles. The molecule has 4 heteroatoms. The van der Waals surface area contributed by atoms with Gasteiger partial charge in [0.2, 0.25) is 0 Å². The first-order valence-corrected chi connectivity index (χ1v) is 9.99. The lowest BCUT2D eigenvalue weighted by atomic mass is 10.0. The van der Waals surface area contributed by atoms with Gasteiger partial charge in [0.1, 0.15) is 12.4 Å². The van der Waals surface area contributed by atoms with Gasteiger partial charge in [-0.15, -0.1) is 6.58 Å². The molecule has 0 heterocycles. The van der Waals surface area contributed by atoms with Crippen LogP contribution in [0.1, 0.15) is 27.8 Å². The van der Waals surface area contributed by atoms with Crippen LogP contribution >= 0.6 is 0 Å². The number of benzene rings is 3. The summed E-state index contributed by atoms with van der Waals surface area (Å²) in [5.74, 6) is 1.11. The highest BCUT2D eigenvalue weighted by molar-refractivity contribution is 5.54. The number of halogens is 1. The second-order valence-corrected chi connectivity index (χ2v) is 7.37. The van der Waals surface area contributed by atoms with Gasteiger partial charge in [0.25, 0.3) is 0 Å². The van der Waals surface area contributed by atoms with E-state index in [2.05, 4.69) is 50.0 Å². The minimum Gasteiger partial charge on any atom is -0.493 e. The maximum absolute atomic E-state index is 13.1. The number of allylic oxidation sites excluding steroid dienone is 1. The van der Waals surface area contributed by atoms with E-state index >= 15 is 0 Å². The first kappa shape index (κ1) is 21.4. The van der Waals surface area contributed by atoms with Crippen LogP contribution in [0.25, 0.3) is 0 Å². The number of aryl methyl sites for hydroxylation is 2. The molecule has 0 fully saturated rings. The van der Waals surface area contributed by atoms with E-state index in [0.717, 1.165) is 22.4 Å². The molecule has 3 aromatic carbocycles. The van der Waals surface area contributed by atoms with Gasteiger partial charge < -0.3 is 14.8 Å². The fraction of sp³-hybridized carbons (Fsp3) is 0.231. The maximum Gasteiger partial charge on any atom is 0.165 e. The Morgan fingerprint density at radius 1 is 1.00 bits per heavy atom. The first-order chi connectivity index (χ1) is 14.5. The van der Waals surface area contributed by atoms with E-state index in [1.807, 2.05) is 12.1 Å². The van der Waals surface area contributed by atoms with Gasteiger partial charge in [0.15, 0.2) is 11.5 Å². The molecule has 0 bridgehead atoms. The SMILES string of the molecule is C=CCc1cc(CNc2ccc(C)cc2C)cc(OC)c1OCc1ccc(F)cc1. The third-order valence-corrected chi connectivity index (χ3v) is 4.94. The summed E-state index contributed by atoms with van der Waals surface area (Å²) in [6.45, 7) is 9.07. The van der Waals surface area contributed by atoms with Crippen molar-refractivity contribution in [2.45, 2.75) is 33.4 Å². The van der Waals surface area contributed by atoms with Crippen molar-refractivity contribution < 1.29 is 13.9 Å². The van der Waals surface area contributed by atoms with E-state index in [-0.39, 0.29) is 5.82 Å². The predicted molar refractivity (Wildman–Crippen MR) is 121 cm³/mol. The van der Waals surface area contributed by atoms with Gasteiger partial charge in [0.05, 0.1) is 7.11 Å². The molecule has 0 spiro atoms. The fourth-order valence-corrected chi connectivity index (χ4v) is 3.39. The Hall–Kier alpha value is -3.27. The highest BCUT2D eigenvalue weighted by Gasteiger charge is 2.13. The molecule has 156 valence electrons. The number of rotatable bonds is 9. The lowest BCUT2D eigenvalue weighted by Crippen LogP contribution is -2.05. The second-order valence-electron chi connectivity index (χ2n) is 7.37. The zero-order chi connectivity index (χ0) is 21.5. The van der Waals surface area contributed by atoms with E-state index in [1.54, 1.807) is 19.2 Å². The fourth-order valence-electron chi connectivity index (χ4n) is 3.39. The summed E-state index contributed by atoms with van der Waals surface area (Å²) in [7, 11) is 1.64. The van der Waals surface area contributed by atoms with Gasteiger partial charge >= 0.3 is 0 Å². The van der Waals surface area contributed by atoms with Gasteiger partial charge in [-0.25, -0.2) is 4.39 Å². The van der Waals surface area contributed by atoms with Crippen molar-refractivity contribution in [1.29, 1.82) is 0 Å². The molecule has 0 aliphatic rings. The van der Waals surface area contributed by atoms with Crippen molar-refractivity contribution in [2.75, 3.05) is 12.4 Å². The third kappa shape index (κ3) is 5.41. The van der Waals surface area contributed by atoms with E-state index in [9.17, 15) is 4.39 Å². The molecule has 3 rings (SSSR count). The third-order valence-electron chi connectivity index (χ3n) is 4.94. The standard InChI is InChI=1S/C26H28FNO2/c1-5-6-22-14-21(16-28-24-12-7-18(2)13-19(24)3)15-25(29-4)26(22)30-17-20-8-10-23(27)11-9-20/h5,7-15,28H,1,6,16-17H2,2-4H3.